The van der Waals surface area contributed by atoms with Gasteiger partial charge in [0.2, 0.25) is 5.91 Å². The molecule has 2 N–H and O–H groups in total. The molecule has 0 aliphatic heterocycles. The average molecular weight is 330 g/mol. The Labute approximate surface area is 138 Å². The topological polar surface area (TPSA) is 79.3 Å². The standard InChI is InChI=1S/C17H18N2O3S/c1-17(2)7-12(17)14(20)18-8-10-4-3-5-11(6-10)15-19-13(9-23-15)16(21)22/h3-6,9,12H,7-8H2,1-2H3,(H,18,20)(H,21,22)/t12-/m1/s1. The minimum Gasteiger partial charge on any atom is -0.476 e. The van der Waals surface area contributed by atoms with Gasteiger partial charge >= 0.3 is 5.97 Å². The van der Waals surface area contributed by atoms with Crippen molar-refractivity contribution in [1.29, 1.82) is 0 Å². The summed E-state index contributed by atoms with van der Waals surface area (Å²) < 4.78 is 0. The Hall–Kier alpha value is -2.21. The first kappa shape index (κ1) is 15.7. The van der Waals surface area contributed by atoms with Gasteiger partial charge in [-0.05, 0) is 23.5 Å². The van der Waals surface area contributed by atoms with Gasteiger partial charge in [-0.15, -0.1) is 11.3 Å². The molecule has 1 amide bonds. The predicted molar refractivity (Wildman–Crippen MR) is 88.2 cm³/mol. The van der Waals surface area contributed by atoms with Crippen LogP contribution in [0.3, 0.4) is 0 Å². The molecule has 0 radical (unpaired) electrons. The van der Waals surface area contributed by atoms with Gasteiger partial charge in [-0.25, -0.2) is 9.78 Å². The van der Waals surface area contributed by atoms with Crippen LogP contribution in [0.1, 0.15) is 36.3 Å². The van der Waals surface area contributed by atoms with Gasteiger partial charge in [0.05, 0.1) is 0 Å². The van der Waals surface area contributed by atoms with E-state index < -0.39 is 5.97 Å². The molecule has 0 saturated heterocycles. The SMILES string of the molecule is CC1(C)C[C@@H]1C(=O)NCc1cccc(-c2nc(C(=O)O)cs2)c1. The highest BCUT2D eigenvalue weighted by atomic mass is 32.1. The summed E-state index contributed by atoms with van der Waals surface area (Å²) in [5.74, 6) is -0.812. The molecule has 0 bridgehead atoms. The van der Waals surface area contributed by atoms with Gasteiger partial charge < -0.3 is 10.4 Å². The van der Waals surface area contributed by atoms with E-state index in [-0.39, 0.29) is 22.9 Å². The molecule has 1 aromatic carbocycles. The Bertz CT molecular complexity index is 767. The maximum absolute atomic E-state index is 12.0. The van der Waals surface area contributed by atoms with E-state index in [4.69, 9.17) is 5.11 Å². The van der Waals surface area contributed by atoms with E-state index in [1.165, 1.54) is 16.7 Å². The molecule has 1 aliphatic carbocycles. The van der Waals surface area contributed by atoms with Crippen LogP contribution in [0.25, 0.3) is 10.6 Å². The van der Waals surface area contributed by atoms with Crippen molar-refractivity contribution >= 4 is 23.2 Å². The van der Waals surface area contributed by atoms with Crippen LogP contribution in [-0.2, 0) is 11.3 Å². The van der Waals surface area contributed by atoms with E-state index in [1.54, 1.807) is 0 Å². The number of hydrogen-bond acceptors (Lipinski definition) is 4. The quantitative estimate of drug-likeness (QED) is 0.882. The van der Waals surface area contributed by atoms with Crippen molar-refractivity contribution in [2.45, 2.75) is 26.8 Å². The number of benzene rings is 1. The number of thiazole rings is 1. The van der Waals surface area contributed by atoms with E-state index in [1.807, 2.05) is 24.3 Å². The second kappa shape index (κ2) is 5.77. The molecule has 1 aliphatic rings. The number of carbonyl (C=O) groups is 2. The fraction of sp³-hybridized carbons (Fsp3) is 0.353. The minimum absolute atomic E-state index is 0.0553. The molecule has 2 aromatic rings. The normalized spacial score (nSPS) is 18.4. The van der Waals surface area contributed by atoms with E-state index in [0.29, 0.717) is 11.6 Å². The van der Waals surface area contributed by atoms with Crippen LogP contribution in [0.5, 0.6) is 0 Å². The summed E-state index contributed by atoms with van der Waals surface area (Å²) in [6, 6.07) is 7.65. The van der Waals surface area contributed by atoms with Crippen molar-refractivity contribution in [2.24, 2.45) is 11.3 Å². The lowest BCUT2D eigenvalue weighted by molar-refractivity contribution is -0.123. The van der Waals surface area contributed by atoms with Crippen LogP contribution in [0.4, 0.5) is 0 Å². The van der Waals surface area contributed by atoms with Crippen molar-refractivity contribution < 1.29 is 14.7 Å². The molecule has 6 heteroatoms. The monoisotopic (exact) mass is 330 g/mol. The van der Waals surface area contributed by atoms with Crippen LogP contribution in [0.2, 0.25) is 0 Å². The number of nitrogens with one attached hydrogen (secondary N) is 1. The number of hydrogen-bond donors (Lipinski definition) is 2. The summed E-state index contributed by atoms with van der Waals surface area (Å²) in [6.45, 7) is 4.66. The van der Waals surface area contributed by atoms with Crippen LogP contribution in [0, 0.1) is 11.3 Å². The molecule has 0 unspecified atom stereocenters. The largest absolute Gasteiger partial charge is 0.476 e. The first-order chi connectivity index (χ1) is 10.9. The zero-order valence-electron chi connectivity index (χ0n) is 13.0. The molecule has 120 valence electrons. The summed E-state index contributed by atoms with van der Waals surface area (Å²) in [5, 5.41) is 14.1. The second-order valence-corrected chi connectivity index (χ2v) is 7.36. The Morgan fingerprint density at radius 2 is 2.17 bits per heavy atom. The summed E-state index contributed by atoms with van der Waals surface area (Å²) in [6.07, 6.45) is 0.940. The highest BCUT2D eigenvalue weighted by Gasteiger charge is 2.50. The van der Waals surface area contributed by atoms with Gasteiger partial charge in [0.15, 0.2) is 5.69 Å². The Morgan fingerprint density at radius 1 is 1.43 bits per heavy atom. The third-order valence-corrected chi connectivity index (χ3v) is 5.09. The molecule has 1 fully saturated rings. The molecule has 1 heterocycles. The van der Waals surface area contributed by atoms with Crippen LogP contribution >= 0.6 is 11.3 Å². The lowest BCUT2D eigenvalue weighted by Gasteiger charge is -2.07. The van der Waals surface area contributed by atoms with E-state index in [0.717, 1.165) is 17.5 Å². The molecule has 23 heavy (non-hydrogen) atoms. The Balaban J connectivity index is 1.67. The fourth-order valence-corrected chi connectivity index (χ4v) is 3.34. The van der Waals surface area contributed by atoms with Gasteiger partial charge in [0, 0.05) is 23.4 Å². The first-order valence-corrected chi connectivity index (χ1v) is 8.30. The average Bonchev–Trinajstić information content (AvgIpc) is 2.95. The number of rotatable bonds is 5. The Morgan fingerprint density at radius 3 is 2.78 bits per heavy atom. The lowest BCUT2D eigenvalue weighted by Crippen LogP contribution is -2.25. The van der Waals surface area contributed by atoms with Crippen molar-refractivity contribution in [2.75, 3.05) is 0 Å². The van der Waals surface area contributed by atoms with Gasteiger partial charge in [0.25, 0.3) is 0 Å². The molecule has 5 nitrogen and oxygen atoms in total. The summed E-state index contributed by atoms with van der Waals surface area (Å²) in [5.41, 5.74) is 2.02. The second-order valence-electron chi connectivity index (χ2n) is 6.51. The zero-order valence-corrected chi connectivity index (χ0v) is 13.8. The van der Waals surface area contributed by atoms with Crippen molar-refractivity contribution in [3.05, 3.63) is 40.9 Å². The van der Waals surface area contributed by atoms with Gasteiger partial charge in [0.1, 0.15) is 5.01 Å². The van der Waals surface area contributed by atoms with Crippen LogP contribution < -0.4 is 5.32 Å². The fourth-order valence-electron chi connectivity index (χ4n) is 2.55. The number of aromatic carboxylic acids is 1. The molecule has 0 spiro atoms. The Kier molecular flexibility index (Phi) is 3.93. The number of nitrogens with zero attached hydrogens (tertiary/aromatic N) is 1. The maximum Gasteiger partial charge on any atom is 0.355 e. The van der Waals surface area contributed by atoms with Crippen molar-refractivity contribution in [3.63, 3.8) is 0 Å². The van der Waals surface area contributed by atoms with Crippen molar-refractivity contribution in [3.8, 4) is 10.6 Å². The first-order valence-electron chi connectivity index (χ1n) is 7.43. The molecule has 1 aromatic heterocycles. The third-order valence-electron chi connectivity index (χ3n) is 4.19. The van der Waals surface area contributed by atoms with Crippen LogP contribution in [0.15, 0.2) is 29.6 Å². The minimum atomic E-state index is -1.03. The predicted octanol–water partition coefficient (Wildman–Crippen LogP) is 3.17. The van der Waals surface area contributed by atoms with E-state index in [2.05, 4.69) is 24.1 Å². The number of carbonyl (C=O) groups excluding carboxylic acids is 1. The highest BCUT2D eigenvalue weighted by molar-refractivity contribution is 7.13. The van der Waals surface area contributed by atoms with Gasteiger partial charge in [-0.2, -0.15) is 0 Å². The third kappa shape index (κ3) is 3.42. The molecule has 3 rings (SSSR count). The molecule has 1 saturated carbocycles. The van der Waals surface area contributed by atoms with Crippen molar-refractivity contribution in [1.82, 2.24) is 10.3 Å². The number of carboxylic acid groups (broad SMARTS) is 1. The number of carboxylic acids is 1. The van der Waals surface area contributed by atoms with Gasteiger partial charge in [-0.1, -0.05) is 32.0 Å². The zero-order chi connectivity index (χ0) is 16.6. The summed E-state index contributed by atoms with van der Waals surface area (Å²) in [4.78, 5) is 27.1. The van der Waals surface area contributed by atoms with E-state index >= 15 is 0 Å². The lowest BCUT2D eigenvalue weighted by atomic mass is 10.1. The number of amides is 1. The summed E-state index contributed by atoms with van der Waals surface area (Å²) >= 11 is 1.30. The number of aromatic nitrogens is 1. The molecular weight excluding hydrogens is 312 g/mol. The van der Waals surface area contributed by atoms with Crippen LogP contribution in [-0.4, -0.2) is 22.0 Å². The summed E-state index contributed by atoms with van der Waals surface area (Å²) in [7, 11) is 0. The maximum atomic E-state index is 12.0. The highest BCUT2D eigenvalue weighted by Crippen LogP contribution is 2.51. The molecular formula is C17H18N2O3S. The smallest absolute Gasteiger partial charge is 0.355 e. The molecule has 1 atom stereocenters. The van der Waals surface area contributed by atoms with E-state index in [9.17, 15) is 9.59 Å². The van der Waals surface area contributed by atoms with Gasteiger partial charge in [-0.3, -0.25) is 4.79 Å².